The maximum Gasteiger partial charge on any atom is 0.409 e. The van der Waals surface area contributed by atoms with Crippen LogP contribution in [0.25, 0.3) is 0 Å². The molecular formula is C18H30N4O3. The van der Waals surface area contributed by atoms with Crippen molar-refractivity contribution < 1.29 is 14.3 Å². The lowest BCUT2D eigenvalue weighted by Gasteiger charge is -2.44. The number of likely N-dealkylation sites (N-methyl/N-ethyl adjacent to an activating group) is 1. The molecule has 0 N–H and O–H groups in total. The molecule has 0 aromatic heterocycles. The Morgan fingerprint density at radius 2 is 1.80 bits per heavy atom. The van der Waals surface area contributed by atoms with Crippen molar-refractivity contribution in [3.8, 4) is 6.07 Å². The highest BCUT2D eigenvalue weighted by Gasteiger charge is 2.42. The number of hydrogen-bond acceptors (Lipinski definition) is 5. The van der Waals surface area contributed by atoms with E-state index in [1.807, 2.05) is 6.92 Å². The molecule has 25 heavy (non-hydrogen) atoms. The van der Waals surface area contributed by atoms with E-state index in [0.29, 0.717) is 32.1 Å². The van der Waals surface area contributed by atoms with E-state index >= 15 is 0 Å². The molecule has 0 radical (unpaired) electrons. The number of amides is 2. The van der Waals surface area contributed by atoms with Gasteiger partial charge in [-0.3, -0.25) is 9.69 Å². The van der Waals surface area contributed by atoms with Crippen LogP contribution in [0, 0.1) is 17.2 Å². The van der Waals surface area contributed by atoms with Crippen LogP contribution < -0.4 is 0 Å². The third kappa shape index (κ3) is 4.06. The summed E-state index contributed by atoms with van der Waals surface area (Å²) < 4.78 is 4.74. The zero-order valence-corrected chi connectivity index (χ0v) is 15.8. The van der Waals surface area contributed by atoms with Gasteiger partial charge in [0.2, 0.25) is 5.91 Å². The molecule has 7 nitrogen and oxygen atoms in total. The number of methoxy groups -OCH3 is 1. The van der Waals surface area contributed by atoms with Gasteiger partial charge in [0, 0.05) is 33.2 Å². The number of hydrogen-bond donors (Lipinski definition) is 0. The monoisotopic (exact) mass is 350 g/mol. The van der Waals surface area contributed by atoms with Crippen molar-refractivity contribution >= 4 is 12.0 Å². The molecule has 2 aliphatic rings. The topological polar surface area (TPSA) is 76.9 Å². The minimum atomic E-state index is -0.675. The number of ether oxygens (including phenoxy) is 1. The van der Waals surface area contributed by atoms with Crippen LogP contribution in [0.1, 0.15) is 39.5 Å². The Morgan fingerprint density at radius 1 is 1.24 bits per heavy atom. The van der Waals surface area contributed by atoms with Gasteiger partial charge in [-0.2, -0.15) is 5.26 Å². The summed E-state index contributed by atoms with van der Waals surface area (Å²) in [6.45, 7) is 6.46. The highest BCUT2D eigenvalue weighted by atomic mass is 16.5. The zero-order valence-electron chi connectivity index (χ0n) is 15.8. The summed E-state index contributed by atoms with van der Waals surface area (Å²) in [6.07, 6.45) is 3.13. The predicted octanol–water partition coefficient (Wildman–Crippen LogP) is 1.69. The maximum atomic E-state index is 13.0. The van der Waals surface area contributed by atoms with Crippen molar-refractivity contribution in [1.82, 2.24) is 14.7 Å². The molecule has 140 valence electrons. The van der Waals surface area contributed by atoms with E-state index < -0.39 is 5.54 Å². The lowest BCUT2D eigenvalue weighted by Crippen LogP contribution is -2.59. The Kier molecular flexibility index (Phi) is 6.28. The van der Waals surface area contributed by atoms with Crippen LogP contribution in [0.15, 0.2) is 0 Å². The van der Waals surface area contributed by atoms with Crippen LogP contribution in [-0.4, -0.2) is 78.6 Å². The van der Waals surface area contributed by atoms with Crippen molar-refractivity contribution in [1.29, 1.82) is 5.26 Å². The van der Waals surface area contributed by atoms with E-state index in [9.17, 15) is 14.9 Å². The highest BCUT2D eigenvalue weighted by Crippen LogP contribution is 2.35. The fourth-order valence-corrected chi connectivity index (χ4v) is 3.83. The second-order valence-corrected chi connectivity index (χ2v) is 7.39. The van der Waals surface area contributed by atoms with Crippen molar-refractivity contribution in [2.45, 2.75) is 51.1 Å². The molecule has 1 aliphatic carbocycles. The van der Waals surface area contributed by atoms with Gasteiger partial charge < -0.3 is 14.5 Å². The van der Waals surface area contributed by atoms with Gasteiger partial charge in [-0.25, -0.2) is 4.79 Å². The molecule has 0 aromatic rings. The van der Waals surface area contributed by atoms with E-state index in [2.05, 4.69) is 17.9 Å². The summed E-state index contributed by atoms with van der Waals surface area (Å²) in [5.41, 5.74) is -0.675. The van der Waals surface area contributed by atoms with E-state index in [-0.39, 0.29) is 18.0 Å². The second-order valence-electron chi connectivity index (χ2n) is 7.39. The first-order valence-electron chi connectivity index (χ1n) is 9.10. The van der Waals surface area contributed by atoms with Crippen molar-refractivity contribution in [2.75, 3.05) is 40.3 Å². The quantitative estimate of drug-likeness (QED) is 0.774. The fraction of sp³-hybridized carbons (Fsp3) is 0.833. The van der Waals surface area contributed by atoms with Crippen molar-refractivity contribution in [3.05, 3.63) is 0 Å². The van der Waals surface area contributed by atoms with Gasteiger partial charge in [0.15, 0.2) is 0 Å². The third-order valence-electron chi connectivity index (χ3n) is 5.93. The van der Waals surface area contributed by atoms with Crippen LogP contribution in [0.3, 0.4) is 0 Å². The molecule has 1 saturated carbocycles. The zero-order chi connectivity index (χ0) is 18.6. The summed E-state index contributed by atoms with van der Waals surface area (Å²) in [5, 5.41) is 9.75. The summed E-state index contributed by atoms with van der Waals surface area (Å²) in [6, 6.07) is 2.13. The number of carbonyl (C=O) groups is 2. The third-order valence-corrected chi connectivity index (χ3v) is 5.93. The number of carbonyl (C=O) groups excluding carboxylic acids is 2. The maximum absolute atomic E-state index is 13.0. The summed E-state index contributed by atoms with van der Waals surface area (Å²) >= 11 is 0. The smallest absolute Gasteiger partial charge is 0.409 e. The van der Waals surface area contributed by atoms with E-state index in [4.69, 9.17) is 4.74 Å². The Morgan fingerprint density at radius 3 is 2.28 bits per heavy atom. The molecule has 7 heteroatoms. The number of nitrogens with zero attached hydrogens (tertiary/aromatic N) is 4. The van der Waals surface area contributed by atoms with Gasteiger partial charge in [0.25, 0.3) is 0 Å². The van der Waals surface area contributed by atoms with E-state index in [1.54, 1.807) is 16.8 Å². The van der Waals surface area contributed by atoms with Gasteiger partial charge >= 0.3 is 6.09 Å². The lowest BCUT2D eigenvalue weighted by molar-refractivity contribution is -0.141. The van der Waals surface area contributed by atoms with Crippen LogP contribution in [0.2, 0.25) is 0 Å². The number of rotatable bonds is 3. The summed E-state index contributed by atoms with van der Waals surface area (Å²) in [7, 11) is 3.14. The Labute approximate surface area is 150 Å². The van der Waals surface area contributed by atoms with Crippen molar-refractivity contribution in [2.24, 2.45) is 5.92 Å². The Hall–Kier alpha value is -1.81. The molecule has 1 unspecified atom stereocenters. The average Bonchev–Trinajstić information content (AvgIpc) is 2.66. The number of piperazine rings is 1. The van der Waals surface area contributed by atoms with Crippen LogP contribution in [0.5, 0.6) is 0 Å². The summed E-state index contributed by atoms with van der Waals surface area (Å²) in [4.78, 5) is 30.0. The van der Waals surface area contributed by atoms with Gasteiger partial charge in [-0.05, 0) is 38.5 Å². The van der Waals surface area contributed by atoms with Gasteiger partial charge in [0.05, 0.1) is 19.2 Å². The van der Waals surface area contributed by atoms with Crippen LogP contribution in [-0.2, 0) is 9.53 Å². The van der Waals surface area contributed by atoms with Gasteiger partial charge in [-0.1, -0.05) is 6.92 Å². The van der Waals surface area contributed by atoms with Gasteiger partial charge in [0.1, 0.15) is 5.54 Å². The molecule has 0 spiro atoms. The molecule has 2 amide bonds. The van der Waals surface area contributed by atoms with Crippen LogP contribution in [0.4, 0.5) is 4.79 Å². The fourth-order valence-electron chi connectivity index (χ4n) is 3.83. The summed E-state index contributed by atoms with van der Waals surface area (Å²) in [5.74, 6) is 0.608. The first kappa shape index (κ1) is 19.5. The molecule has 1 saturated heterocycles. The molecule has 1 atom stereocenters. The first-order chi connectivity index (χ1) is 11.8. The average molecular weight is 350 g/mol. The standard InChI is InChI=1S/C18H30N4O3/c1-14-5-7-18(13-19,8-6-14)20(3)16(23)15(2)21-9-11-22(12-10-21)17(24)25-4/h14-15H,5-12H2,1-4H3. The SMILES string of the molecule is COC(=O)N1CCN(C(C)C(=O)N(C)C2(C#N)CCC(C)CC2)CC1. The molecule has 2 rings (SSSR count). The highest BCUT2D eigenvalue weighted by molar-refractivity contribution is 5.82. The van der Waals surface area contributed by atoms with E-state index in [0.717, 1.165) is 25.7 Å². The Balaban J connectivity index is 1.97. The molecule has 0 aromatic carbocycles. The van der Waals surface area contributed by atoms with Gasteiger partial charge in [-0.15, -0.1) is 0 Å². The molecular weight excluding hydrogens is 320 g/mol. The lowest BCUT2D eigenvalue weighted by atomic mass is 9.77. The Bertz CT molecular complexity index is 529. The first-order valence-corrected chi connectivity index (χ1v) is 9.10. The van der Waals surface area contributed by atoms with Crippen LogP contribution >= 0.6 is 0 Å². The molecule has 1 aliphatic heterocycles. The predicted molar refractivity (Wildman–Crippen MR) is 93.8 cm³/mol. The van der Waals surface area contributed by atoms with Crippen molar-refractivity contribution in [3.63, 3.8) is 0 Å². The minimum absolute atomic E-state index is 0.0115. The minimum Gasteiger partial charge on any atom is -0.453 e. The number of nitriles is 1. The second kappa shape index (κ2) is 8.05. The largest absolute Gasteiger partial charge is 0.453 e. The molecule has 1 heterocycles. The molecule has 2 fully saturated rings. The molecule has 0 bridgehead atoms. The van der Waals surface area contributed by atoms with E-state index in [1.165, 1.54) is 7.11 Å². The normalized spacial score (nSPS) is 28.8.